The summed E-state index contributed by atoms with van der Waals surface area (Å²) in [5.41, 5.74) is 1.24. The number of nitrogens with one attached hydrogen (secondary N) is 1. The quantitative estimate of drug-likeness (QED) is 0.714. The molecule has 0 spiro atoms. The van der Waals surface area contributed by atoms with E-state index in [0.29, 0.717) is 13.1 Å². The molecule has 0 aliphatic carbocycles. The van der Waals surface area contributed by atoms with E-state index in [0.717, 1.165) is 13.0 Å². The predicted octanol–water partition coefficient (Wildman–Crippen LogP) is 0.269. The summed E-state index contributed by atoms with van der Waals surface area (Å²) >= 11 is 0. The van der Waals surface area contributed by atoms with Gasteiger partial charge in [-0.15, -0.1) is 0 Å². The number of carbonyl (C=O) groups excluding carboxylic acids is 1. The number of aliphatic hydroxyl groups is 1. The van der Waals surface area contributed by atoms with Crippen LogP contribution in [0.3, 0.4) is 0 Å². The average molecular weight is 236 g/mol. The topological polar surface area (TPSA) is 52.6 Å². The molecule has 2 N–H and O–H groups in total. The van der Waals surface area contributed by atoms with Crippen molar-refractivity contribution in [3.8, 4) is 0 Å². The summed E-state index contributed by atoms with van der Waals surface area (Å²) in [7, 11) is 1.62. The van der Waals surface area contributed by atoms with Gasteiger partial charge in [0.15, 0.2) is 0 Å². The summed E-state index contributed by atoms with van der Waals surface area (Å²) < 4.78 is 0. The van der Waals surface area contributed by atoms with Crippen molar-refractivity contribution in [1.29, 1.82) is 0 Å². The van der Waals surface area contributed by atoms with Crippen LogP contribution in [0.5, 0.6) is 0 Å². The van der Waals surface area contributed by atoms with Crippen LogP contribution < -0.4 is 5.32 Å². The summed E-state index contributed by atoms with van der Waals surface area (Å²) in [6, 6.07) is 10.1. The lowest BCUT2D eigenvalue weighted by atomic mass is 10.1. The third-order valence-corrected chi connectivity index (χ3v) is 2.62. The molecule has 1 amide bonds. The lowest BCUT2D eigenvalue weighted by molar-refractivity contribution is -0.121. The Morgan fingerprint density at radius 2 is 2.00 bits per heavy atom. The summed E-state index contributed by atoms with van der Waals surface area (Å²) in [4.78, 5) is 13.2. The molecule has 4 heteroatoms. The molecule has 1 aromatic carbocycles. The first-order valence-corrected chi connectivity index (χ1v) is 5.84. The zero-order valence-electron chi connectivity index (χ0n) is 10.2. The second-order valence-corrected chi connectivity index (χ2v) is 3.91. The van der Waals surface area contributed by atoms with Gasteiger partial charge in [-0.2, -0.15) is 0 Å². The second-order valence-electron chi connectivity index (χ2n) is 3.91. The van der Waals surface area contributed by atoms with Gasteiger partial charge in [0.1, 0.15) is 0 Å². The molecule has 0 aliphatic rings. The van der Waals surface area contributed by atoms with Gasteiger partial charge in [0, 0.05) is 20.1 Å². The molecule has 0 unspecified atom stereocenters. The van der Waals surface area contributed by atoms with Gasteiger partial charge in [-0.25, -0.2) is 0 Å². The van der Waals surface area contributed by atoms with E-state index >= 15 is 0 Å². The first-order valence-electron chi connectivity index (χ1n) is 5.84. The normalized spacial score (nSPS) is 10.5. The molecular formula is C13H20N2O2. The number of rotatable bonds is 7. The SMILES string of the molecule is CNC(=O)CN(CCO)CCc1ccccc1. The number of amides is 1. The molecule has 94 valence electrons. The van der Waals surface area contributed by atoms with Crippen molar-refractivity contribution in [2.24, 2.45) is 0 Å². The van der Waals surface area contributed by atoms with Gasteiger partial charge in [-0.05, 0) is 12.0 Å². The van der Waals surface area contributed by atoms with Gasteiger partial charge >= 0.3 is 0 Å². The lowest BCUT2D eigenvalue weighted by Gasteiger charge is -2.20. The maximum absolute atomic E-state index is 11.3. The molecule has 0 radical (unpaired) electrons. The van der Waals surface area contributed by atoms with Crippen LogP contribution in [0.15, 0.2) is 30.3 Å². The minimum absolute atomic E-state index is 0.0217. The van der Waals surface area contributed by atoms with E-state index in [2.05, 4.69) is 17.4 Å². The monoisotopic (exact) mass is 236 g/mol. The molecule has 0 saturated heterocycles. The van der Waals surface area contributed by atoms with Crippen LogP contribution in [0, 0.1) is 0 Å². The Bertz CT molecular complexity index is 327. The smallest absolute Gasteiger partial charge is 0.233 e. The minimum Gasteiger partial charge on any atom is -0.395 e. The molecule has 0 aromatic heterocycles. The molecule has 0 bridgehead atoms. The third kappa shape index (κ3) is 5.47. The maximum Gasteiger partial charge on any atom is 0.233 e. The third-order valence-electron chi connectivity index (χ3n) is 2.62. The van der Waals surface area contributed by atoms with E-state index in [9.17, 15) is 4.79 Å². The predicted molar refractivity (Wildman–Crippen MR) is 67.7 cm³/mol. The van der Waals surface area contributed by atoms with E-state index < -0.39 is 0 Å². The highest BCUT2D eigenvalue weighted by Crippen LogP contribution is 2.01. The number of aliphatic hydroxyl groups excluding tert-OH is 1. The van der Waals surface area contributed by atoms with Gasteiger partial charge in [0.25, 0.3) is 0 Å². The Labute approximate surface area is 102 Å². The van der Waals surface area contributed by atoms with E-state index in [4.69, 9.17) is 5.11 Å². The Kier molecular flexibility index (Phi) is 6.29. The highest BCUT2D eigenvalue weighted by molar-refractivity contribution is 5.77. The number of carbonyl (C=O) groups is 1. The van der Waals surface area contributed by atoms with Gasteiger partial charge in [-0.3, -0.25) is 9.69 Å². The number of nitrogens with zero attached hydrogens (tertiary/aromatic N) is 1. The van der Waals surface area contributed by atoms with Crippen LogP contribution in [-0.4, -0.2) is 49.2 Å². The van der Waals surface area contributed by atoms with Crippen LogP contribution in [-0.2, 0) is 11.2 Å². The van der Waals surface area contributed by atoms with Gasteiger partial charge in [0.05, 0.1) is 13.2 Å². The number of benzene rings is 1. The number of likely N-dealkylation sites (N-methyl/N-ethyl adjacent to an activating group) is 1. The van der Waals surface area contributed by atoms with Crippen LogP contribution in [0.1, 0.15) is 5.56 Å². The van der Waals surface area contributed by atoms with Crippen molar-refractivity contribution in [2.45, 2.75) is 6.42 Å². The van der Waals surface area contributed by atoms with Crippen LogP contribution >= 0.6 is 0 Å². The summed E-state index contributed by atoms with van der Waals surface area (Å²) in [5, 5.41) is 11.5. The maximum atomic E-state index is 11.3. The van der Waals surface area contributed by atoms with E-state index in [1.165, 1.54) is 5.56 Å². The van der Waals surface area contributed by atoms with E-state index in [1.54, 1.807) is 7.05 Å². The van der Waals surface area contributed by atoms with Crippen molar-refractivity contribution in [3.63, 3.8) is 0 Å². The van der Waals surface area contributed by atoms with E-state index in [1.807, 2.05) is 23.1 Å². The fourth-order valence-electron chi connectivity index (χ4n) is 1.63. The molecule has 0 aliphatic heterocycles. The first kappa shape index (κ1) is 13.7. The number of hydrogen-bond acceptors (Lipinski definition) is 3. The Morgan fingerprint density at radius 3 is 2.59 bits per heavy atom. The highest BCUT2D eigenvalue weighted by Gasteiger charge is 2.08. The Morgan fingerprint density at radius 1 is 1.29 bits per heavy atom. The highest BCUT2D eigenvalue weighted by atomic mass is 16.3. The van der Waals surface area contributed by atoms with Gasteiger partial charge < -0.3 is 10.4 Å². The summed E-state index contributed by atoms with van der Waals surface area (Å²) in [6.45, 7) is 1.72. The second kappa shape index (κ2) is 7.81. The standard InChI is InChI=1S/C13H20N2O2/c1-14-13(17)11-15(9-10-16)8-7-12-5-3-2-4-6-12/h2-6,16H,7-11H2,1H3,(H,14,17). The molecule has 0 saturated carbocycles. The minimum atomic E-state index is -0.0217. The van der Waals surface area contributed by atoms with Gasteiger partial charge in [-0.1, -0.05) is 30.3 Å². The lowest BCUT2D eigenvalue weighted by Crippen LogP contribution is -2.38. The van der Waals surface area contributed by atoms with Crippen molar-refractivity contribution < 1.29 is 9.90 Å². The zero-order valence-corrected chi connectivity index (χ0v) is 10.2. The van der Waals surface area contributed by atoms with E-state index in [-0.39, 0.29) is 12.5 Å². The molecule has 17 heavy (non-hydrogen) atoms. The molecule has 0 heterocycles. The van der Waals surface area contributed by atoms with Crippen molar-refractivity contribution in [2.75, 3.05) is 33.3 Å². The fraction of sp³-hybridized carbons (Fsp3) is 0.462. The summed E-state index contributed by atoms with van der Waals surface area (Å²) in [6.07, 6.45) is 0.887. The molecule has 0 atom stereocenters. The van der Waals surface area contributed by atoms with Crippen molar-refractivity contribution in [1.82, 2.24) is 10.2 Å². The largest absolute Gasteiger partial charge is 0.395 e. The van der Waals surface area contributed by atoms with Crippen molar-refractivity contribution >= 4 is 5.91 Å². The molecule has 0 fully saturated rings. The van der Waals surface area contributed by atoms with Crippen LogP contribution in [0.4, 0.5) is 0 Å². The number of hydrogen-bond donors (Lipinski definition) is 2. The molecule has 1 aromatic rings. The molecule has 4 nitrogen and oxygen atoms in total. The van der Waals surface area contributed by atoms with Crippen LogP contribution in [0.25, 0.3) is 0 Å². The Hall–Kier alpha value is -1.39. The zero-order chi connectivity index (χ0) is 12.5. The first-order chi connectivity index (χ1) is 8.26. The van der Waals surface area contributed by atoms with Crippen molar-refractivity contribution in [3.05, 3.63) is 35.9 Å². The average Bonchev–Trinajstić information content (AvgIpc) is 2.37. The Balaban J connectivity index is 2.41. The van der Waals surface area contributed by atoms with Crippen LogP contribution in [0.2, 0.25) is 0 Å². The molecule has 1 rings (SSSR count). The molecular weight excluding hydrogens is 216 g/mol. The fourth-order valence-corrected chi connectivity index (χ4v) is 1.63. The summed E-state index contributed by atoms with van der Waals surface area (Å²) in [5.74, 6) is -0.0217. The van der Waals surface area contributed by atoms with Gasteiger partial charge in [0.2, 0.25) is 5.91 Å².